The fourth-order valence-electron chi connectivity index (χ4n) is 3.99. The summed E-state index contributed by atoms with van der Waals surface area (Å²) in [6, 6.07) is 15.9. The Morgan fingerprint density at radius 3 is 2.30 bits per heavy atom. The topological polar surface area (TPSA) is 141 Å². The van der Waals surface area contributed by atoms with Gasteiger partial charge in [0.25, 0.3) is 5.22 Å². The molecule has 5 rings (SSSR count). The number of Topliss-reactive ketones (excluding diaryl/α,β-unsaturated/α-hetero) is 1. The van der Waals surface area contributed by atoms with Gasteiger partial charge in [0.1, 0.15) is 5.82 Å². The Hall–Kier alpha value is -4.84. The molecular weight excluding hydrogens is 534 g/mol. The van der Waals surface area contributed by atoms with Gasteiger partial charge >= 0.3 is 0 Å². The number of amides is 1. The van der Waals surface area contributed by atoms with Crippen molar-refractivity contribution in [3.63, 3.8) is 0 Å². The van der Waals surface area contributed by atoms with Crippen LogP contribution in [0.25, 0.3) is 33.9 Å². The molecule has 0 saturated carbocycles. The number of nitrogens with one attached hydrogen (secondary N) is 2. The molecule has 1 amide bonds. The Labute approximate surface area is 233 Å². The third-order valence-corrected chi connectivity index (χ3v) is 6.79. The summed E-state index contributed by atoms with van der Waals surface area (Å²) in [5, 5.41) is 11.2. The van der Waals surface area contributed by atoms with Gasteiger partial charge in [-0.15, -0.1) is 10.2 Å². The van der Waals surface area contributed by atoms with Crippen molar-refractivity contribution in [2.75, 3.05) is 32.4 Å². The summed E-state index contributed by atoms with van der Waals surface area (Å²) in [5.74, 6) is 2.28. The summed E-state index contributed by atoms with van der Waals surface area (Å²) >= 11 is 1.13. The van der Waals surface area contributed by atoms with Crippen molar-refractivity contribution in [2.45, 2.75) is 12.1 Å². The number of benzene rings is 3. The molecule has 0 aliphatic rings. The fourth-order valence-corrected chi connectivity index (χ4v) is 4.56. The molecule has 3 aromatic carbocycles. The first kappa shape index (κ1) is 26.8. The standard InChI is InChI=1S/C28H25N5O6S/c1-15(34)16-5-8-19(9-6-16)29-24(35)14-40-28-33-32-27(39-28)17-7-10-20-21(11-17)31-26(30-20)18-12-22(36-2)25(38-4)23(13-18)37-3/h5-13H,14H2,1-4H3,(H,29,35)(H,30,31). The first-order chi connectivity index (χ1) is 19.4. The number of imidazole rings is 1. The number of carbonyl (C=O) groups is 2. The monoisotopic (exact) mass is 559 g/mol. The lowest BCUT2D eigenvalue weighted by Gasteiger charge is -2.13. The predicted octanol–water partition coefficient (Wildman–Crippen LogP) is 5.24. The maximum Gasteiger partial charge on any atom is 0.277 e. The normalized spacial score (nSPS) is 10.9. The molecule has 5 aromatic rings. The number of aromatic amines is 1. The Balaban J connectivity index is 1.28. The molecule has 2 N–H and O–H groups in total. The average molecular weight is 560 g/mol. The number of aromatic nitrogens is 4. The van der Waals surface area contributed by atoms with Crippen molar-refractivity contribution < 1.29 is 28.2 Å². The lowest BCUT2D eigenvalue weighted by Crippen LogP contribution is -2.14. The van der Waals surface area contributed by atoms with E-state index in [1.54, 1.807) is 45.6 Å². The molecule has 11 nitrogen and oxygen atoms in total. The molecule has 12 heteroatoms. The summed E-state index contributed by atoms with van der Waals surface area (Å²) in [4.78, 5) is 31.7. The van der Waals surface area contributed by atoms with E-state index < -0.39 is 0 Å². The van der Waals surface area contributed by atoms with Crippen LogP contribution in [0.3, 0.4) is 0 Å². The van der Waals surface area contributed by atoms with Crippen LogP contribution < -0.4 is 19.5 Å². The van der Waals surface area contributed by atoms with E-state index in [4.69, 9.17) is 18.6 Å². The van der Waals surface area contributed by atoms with E-state index in [1.165, 1.54) is 6.92 Å². The van der Waals surface area contributed by atoms with Crippen molar-refractivity contribution >= 4 is 40.2 Å². The van der Waals surface area contributed by atoms with E-state index in [0.29, 0.717) is 45.8 Å². The van der Waals surface area contributed by atoms with Crippen LogP contribution in [-0.4, -0.2) is 58.9 Å². The van der Waals surface area contributed by atoms with Gasteiger partial charge < -0.3 is 28.9 Å². The molecule has 0 saturated heterocycles. The quantitative estimate of drug-likeness (QED) is 0.172. The molecule has 204 valence electrons. The number of rotatable bonds is 10. The van der Waals surface area contributed by atoms with Gasteiger partial charge in [-0.3, -0.25) is 9.59 Å². The van der Waals surface area contributed by atoms with Crippen LogP contribution in [0.2, 0.25) is 0 Å². The van der Waals surface area contributed by atoms with Gasteiger partial charge in [0.2, 0.25) is 17.5 Å². The fraction of sp³-hybridized carbons (Fsp3) is 0.179. The summed E-state index contributed by atoms with van der Waals surface area (Å²) in [7, 11) is 4.67. The second-order valence-electron chi connectivity index (χ2n) is 8.57. The highest BCUT2D eigenvalue weighted by molar-refractivity contribution is 7.99. The third-order valence-electron chi connectivity index (χ3n) is 5.98. The van der Waals surface area contributed by atoms with Gasteiger partial charge in [-0.2, -0.15) is 0 Å². The molecule has 0 fully saturated rings. The highest BCUT2D eigenvalue weighted by Crippen LogP contribution is 2.41. The molecule has 0 atom stereocenters. The number of anilines is 1. The van der Waals surface area contributed by atoms with Gasteiger partial charge in [-0.05, 0) is 61.5 Å². The number of hydrogen-bond acceptors (Lipinski definition) is 10. The van der Waals surface area contributed by atoms with Gasteiger partial charge in [0.15, 0.2) is 17.3 Å². The lowest BCUT2D eigenvalue weighted by molar-refractivity contribution is -0.113. The van der Waals surface area contributed by atoms with Crippen molar-refractivity contribution in [3.8, 4) is 40.1 Å². The maximum atomic E-state index is 12.3. The minimum Gasteiger partial charge on any atom is -0.493 e. The molecule has 0 aliphatic carbocycles. The molecule has 0 unspecified atom stereocenters. The van der Waals surface area contributed by atoms with E-state index in [-0.39, 0.29) is 22.7 Å². The zero-order valence-corrected chi connectivity index (χ0v) is 22.9. The van der Waals surface area contributed by atoms with Crippen molar-refractivity contribution in [1.82, 2.24) is 20.2 Å². The van der Waals surface area contributed by atoms with Crippen LogP contribution in [-0.2, 0) is 4.79 Å². The van der Waals surface area contributed by atoms with E-state index in [0.717, 1.165) is 28.4 Å². The summed E-state index contributed by atoms with van der Waals surface area (Å²) in [6.07, 6.45) is 0. The van der Waals surface area contributed by atoms with Gasteiger partial charge in [0, 0.05) is 22.4 Å². The Morgan fingerprint density at radius 2 is 1.65 bits per heavy atom. The zero-order valence-electron chi connectivity index (χ0n) is 22.1. The Morgan fingerprint density at radius 1 is 0.925 bits per heavy atom. The average Bonchev–Trinajstić information content (AvgIpc) is 3.62. The second-order valence-corrected chi connectivity index (χ2v) is 9.50. The summed E-state index contributed by atoms with van der Waals surface area (Å²) in [6.45, 7) is 1.49. The first-order valence-electron chi connectivity index (χ1n) is 12.1. The van der Waals surface area contributed by atoms with Crippen LogP contribution >= 0.6 is 11.8 Å². The van der Waals surface area contributed by atoms with Crippen LogP contribution in [0.1, 0.15) is 17.3 Å². The first-order valence-corrected chi connectivity index (χ1v) is 13.0. The smallest absolute Gasteiger partial charge is 0.277 e. The van der Waals surface area contributed by atoms with Gasteiger partial charge in [-0.25, -0.2) is 4.98 Å². The van der Waals surface area contributed by atoms with Crippen LogP contribution in [0, 0.1) is 0 Å². The molecule has 0 spiro atoms. The zero-order chi connectivity index (χ0) is 28.2. The van der Waals surface area contributed by atoms with E-state index in [9.17, 15) is 9.59 Å². The second kappa shape index (κ2) is 11.5. The van der Waals surface area contributed by atoms with Gasteiger partial charge in [0.05, 0.1) is 38.1 Å². The SMILES string of the molecule is COc1cc(-c2nc3ccc(-c4nnc(SCC(=O)Nc5ccc(C(C)=O)cc5)o4)cc3[nH]2)cc(OC)c1OC. The number of ketones is 1. The molecule has 0 radical (unpaired) electrons. The highest BCUT2D eigenvalue weighted by atomic mass is 32.2. The molecule has 0 aliphatic heterocycles. The number of thioether (sulfide) groups is 1. The van der Waals surface area contributed by atoms with Crippen molar-refractivity contribution in [3.05, 3.63) is 60.2 Å². The van der Waals surface area contributed by atoms with Crippen LogP contribution in [0.5, 0.6) is 17.2 Å². The van der Waals surface area contributed by atoms with Crippen LogP contribution in [0.4, 0.5) is 5.69 Å². The molecular formula is C28H25N5O6S. The summed E-state index contributed by atoms with van der Waals surface area (Å²) < 4.78 is 22.1. The van der Waals surface area contributed by atoms with Gasteiger partial charge in [-0.1, -0.05) is 11.8 Å². The van der Waals surface area contributed by atoms with E-state index in [2.05, 4.69) is 25.5 Å². The summed E-state index contributed by atoms with van der Waals surface area (Å²) in [5.41, 5.74) is 4.15. The van der Waals surface area contributed by atoms with Crippen LogP contribution in [0.15, 0.2) is 64.2 Å². The number of fused-ring (bicyclic) bond motifs is 1. The number of carbonyl (C=O) groups excluding carboxylic acids is 2. The van der Waals surface area contributed by atoms with E-state index >= 15 is 0 Å². The minimum absolute atomic E-state index is 0.0358. The maximum absolute atomic E-state index is 12.3. The number of H-pyrrole nitrogens is 1. The lowest BCUT2D eigenvalue weighted by atomic mass is 10.1. The third kappa shape index (κ3) is 5.61. The Kier molecular flexibility index (Phi) is 7.69. The highest BCUT2D eigenvalue weighted by Gasteiger charge is 2.17. The van der Waals surface area contributed by atoms with Crippen molar-refractivity contribution in [1.29, 1.82) is 0 Å². The van der Waals surface area contributed by atoms with E-state index in [1.807, 2.05) is 30.3 Å². The largest absolute Gasteiger partial charge is 0.493 e. The number of nitrogens with zero attached hydrogens (tertiary/aromatic N) is 3. The number of hydrogen-bond donors (Lipinski definition) is 2. The molecule has 0 bridgehead atoms. The number of ether oxygens (including phenoxy) is 3. The molecule has 2 aromatic heterocycles. The Bertz CT molecular complexity index is 1670. The number of methoxy groups -OCH3 is 3. The molecule has 2 heterocycles. The van der Waals surface area contributed by atoms with Crippen molar-refractivity contribution in [2.24, 2.45) is 0 Å². The predicted molar refractivity (Wildman–Crippen MR) is 150 cm³/mol. The minimum atomic E-state index is -0.237. The molecule has 40 heavy (non-hydrogen) atoms.